The number of carbonyl (C=O) groups excluding carboxylic acids is 2. The van der Waals surface area contributed by atoms with Crippen LogP contribution in [-0.2, 0) is 0 Å². The molecule has 1 fully saturated rings. The predicted molar refractivity (Wildman–Crippen MR) is 88.8 cm³/mol. The fourth-order valence-corrected chi connectivity index (χ4v) is 2.95. The molecule has 1 N–H and O–H groups in total. The van der Waals surface area contributed by atoms with Crippen molar-refractivity contribution >= 4 is 11.8 Å². The van der Waals surface area contributed by atoms with E-state index in [0.717, 1.165) is 18.4 Å². The van der Waals surface area contributed by atoms with Crippen LogP contribution in [0.1, 0.15) is 45.0 Å². The highest BCUT2D eigenvalue weighted by atomic mass is 16.5. The molecule has 6 heteroatoms. The second kappa shape index (κ2) is 6.86. The third kappa shape index (κ3) is 3.48. The topological polar surface area (TPSA) is 75.4 Å². The van der Waals surface area contributed by atoms with Gasteiger partial charge < -0.3 is 14.7 Å². The minimum Gasteiger partial charge on any atom is -0.361 e. The van der Waals surface area contributed by atoms with Crippen LogP contribution in [-0.4, -0.2) is 41.0 Å². The molecule has 1 aromatic carbocycles. The van der Waals surface area contributed by atoms with Crippen LogP contribution < -0.4 is 5.32 Å². The maximum atomic E-state index is 12.4. The second-order valence-corrected chi connectivity index (χ2v) is 6.18. The quantitative estimate of drug-likeness (QED) is 0.939. The highest BCUT2D eigenvalue weighted by Gasteiger charge is 2.26. The third-order valence-electron chi connectivity index (χ3n) is 4.35. The minimum absolute atomic E-state index is 0.0509. The van der Waals surface area contributed by atoms with Gasteiger partial charge in [-0.2, -0.15) is 0 Å². The fraction of sp³-hybridized carbons (Fsp3) is 0.389. The molecule has 0 radical (unpaired) electrons. The summed E-state index contributed by atoms with van der Waals surface area (Å²) in [6.07, 6.45) is 1.47. The lowest BCUT2D eigenvalue weighted by atomic mass is 10.0. The van der Waals surface area contributed by atoms with Crippen LogP contribution in [0.4, 0.5) is 0 Å². The highest BCUT2D eigenvalue weighted by molar-refractivity contribution is 5.96. The molecule has 1 saturated heterocycles. The van der Waals surface area contributed by atoms with E-state index in [2.05, 4.69) is 10.5 Å². The first-order valence-electron chi connectivity index (χ1n) is 8.13. The predicted octanol–water partition coefficient (Wildman–Crippen LogP) is 2.33. The van der Waals surface area contributed by atoms with Gasteiger partial charge in [0.2, 0.25) is 0 Å². The van der Waals surface area contributed by atoms with Gasteiger partial charge in [0.15, 0.2) is 5.69 Å². The Hall–Kier alpha value is -2.63. The van der Waals surface area contributed by atoms with Crippen molar-refractivity contribution in [2.24, 2.45) is 0 Å². The van der Waals surface area contributed by atoms with Crippen LogP contribution in [0.5, 0.6) is 0 Å². The van der Waals surface area contributed by atoms with Crippen molar-refractivity contribution in [3.63, 3.8) is 0 Å². The van der Waals surface area contributed by atoms with E-state index in [0.29, 0.717) is 30.1 Å². The Bertz CT molecular complexity index is 745. The van der Waals surface area contributed by atoms with E-state index < -0.39 is 0 Å². The molecule has 0 spiro atoms. The monoisotopic (exact) mass is 327 g/mol. The molecular formula is C18H21N3O3. The Morgan fingerprint density at radius 1 is 1.21 bits per heavy atom. The van der Waals surface area contributed by atoms with Crippen molar-refractivity contribution in [1.82, 2.24) is 15.4 Å². The number of likely N-dealkylation sites (tertiary alicyclic amines) is 1. The largest absolute Gasteiger partial charge is 0.361 e. The molecule has 0 aliphatic carbocycles. The zero-order valence-electron chi connectivity index (χ0n) is 13.9. The van der Waals surface area contributed by atoms with E-state index in [1.165, 1.54) is 0 Å². The van der Waals surface area contributed by atoms with Gasteiger partial charge >= 0.3 is 0 Å². The van der Waals surface area contributed by atoms with E-state index >= 15 is 0 Å². The molecule has 3 rings (SSSR count). The van der Waals surface area contributed by atoms with Gasteiger partial charge in [0.1, 0.15) is 5.76 Å². The van der Waals surface area contributed by atoms with Crippen LogP contribution in [0.2, 0.25) is 0 Å². The number of aromatic nitrogens is 1. The van der Waals surface area contributed by atoms with E-state index in [4.69, 9.17) is 4.52 Å². The Kier molecular flexibility index (Phi) is 4.64. The lowest BCUT2D eigenvalue weighted by Gasteiger charge is -2.32. The number of aryl methyl sites for hydroxylation is 2. The standard InChI is InChI=1S/C18H21N3O3/c1-12-5-3-4-6-15(12)17(22)19-14-7-9-21(10-8-14)18(23)16-11-13(2)24-20-16/h3-6,11,14H,7-10H2,1-2H3,(H,19,22). The first-order chi connectivity index (χ1) is 11.5. The molecule has 126 valence electrons. The number of piperidine rings is 1. The van der Waals surface area contributed by atoms with Crippen molar-refractivity contribution in [3.05, 3.63) is 52.9 Å². The number of hydrogen-bond donors (Lipinski definition) is 1. The summed E-state index contributed by atoms with van der Waals surface area (Å²) in [4.78, 5) is 26.4. The molecule has 1 aliphatic rings. The van der Waals surface area contributed by atoms with Crippen LogP contribution in [0.15, 0.2) is 34.9 Å². The van der Waals surface area contributed by atoms with Gasteiger partial charge in [-0.25, -0.2) is 0 Å². The smallest absolute Gasteiger partial charge is 0.276 e. The summed E-state index contributed by atoms with van der Waals surface area (Å²) in [6.45, 7) is 4.89. The summed E-state index contributed by atoms with van der Waals surface area (Å²) in [5.74, 6) is 0.458. The maximum absolute atomic E-state index is 12.4. The van der Waals surface area contributed by atoms with E-state index in [9.17, 15) is 9.59 Å². The van der Waals surface area contributed by atoms with Crippen molar-refractivity contribution in [1.29, 1.82) is 0 Å². The number of nitrogens with zero attached hydrogens (tertiary/aromatic N) is 2. The lowest BCUT2D eigenvalue weighted by molar-refractivity contribution is 0.0688. The fourth-order valence-electron chi connectivity index (χ4n) is 2.95. The second-order valence-electron chi connectivity index (χ2n) is 6.18. The Labute approximate surface area is 140 Å². The number of hydrogen-bond acceptors (Lipinski definition) is 4. The summed E-state index contributed by atoms with van der Waals surface area (Å²) in [5, 5.41) is 6.84. The molecule has 2 amide bonds. The van der Waals surface area contributed by atoms with Gasteiger partial charge in [0.25, 0.3) is 11.8 Å². The Morgan fingerprint density at radius 3 is 2.54 bits per heavy atom. The molecule has 1 aliphatic heterocycles. The van der Waals surface area contributed by atoms with Gasteiger partial charge in [0.05, 0.1) is 0 Å². The van der Waals surface area contributed by atoms with Gasteiger partial charge in [-0.3, -0.25) is 9.59 Å². The summed E-state index contributed by atoms with van der Waals surface area (Å²) in [6, 6.07) is 9.27. The molecule has 0 atom stereocenters. The Morgan fingerprint density at radius 2 is 1.92 bits per heavy atom. The first kappa shape index (κ1) is 16.2. The number of carbonyl (C=O) groups is 2. The molecule has 1 aromatic heterocycles. The zero-order chi connectivity index (χ0) is 17.1. The van der Waals surface area contributed by atoms with Gasteiger partial charge in [-0.1, -0.05) is 23.4 Å². The van der Waals surface area contributed by atoms with Crippen molar-refractivity contribution in [2.45, 2.75) is 32.7 Å². The van der Waals surface area contributed by atoms with E-state index in [-0.39, 0.29) is 17.9 Å². The van der Waals surface area contributed by atoms with Crippen molar-refractivity contribution < 1.29 is 14.1 Å². The molecule has 0 bridgehead atoms. The van der Waals surface area contributed by atoms with Crippen LogP contribution in [0.3, 0.4) is 0 Å². The van der Waals surface area contributed by atoms with Crippen molar-refractivity contribution in [2.75, 3.05) is 13.1 Å². The summed E-state index contributed by atoms with van der Waals surface area (Å²) in [7, 11) is 0. The van der Waals surface area contributed by atoms with Crippen LogP contribution in [0.25, 0.3) is 0 Å². The third-order valence-corrected chi connectivity index (χ3v) is 4.35. The number of benzene rings is 1. The highest BCUT2D eigenvalue weighted by Crippen LogP contribution is 2.15. The average molecular weight is 327 g/mol. The zero-order valence-corrected chi connectivity index (χ0v) is 13.9. The lowest BCUT2D eigenvalue weighted by Crippen LogP contribution is -2.46. The molecule has 6 nitrogen and oxygen atoms in total. The van der Waals surface area contributed by atoms with Gasteiger partial charge in [-0.15, -0.1) is 0 Å². The molecule has 2 heterocycles. The summed E-state index contributed by atoms with van der Waals surface area (Å²) < 4.78 is 4.96. The number of rotatable bonds is 3. The van der Waals surface area contributed by atoms with Gasteiger partial charge in [-0.05, 0) is 38.3 Å². The maximum Gasteiger partial charge on any atom is 0.276 e. The van der Waals surface area contributed by atoms with E-state index in [1.807, 2.05) is 31.2 Å². The minimum atomic E-state index is -0.115. The number of amides is 2. The Balaban J connectivity index is 1.55. The first-order valence-corrected chi connectivity index (χ1v) is 8.13. The molecular weight excluding hydrogens is 306 g/mol. The average Bonchev–Trinajstić information content (AvgIpc) is 3.02. The van der Waals surface area contributed by atoms with Crippen LogP contribution in [0, 0.1) is 13.8 Å². The van der Waals surface area contributed by atoms with E-state index in [1.54, 1.807) is 17.9 Å². The van der Waals surface area contributed by atoms with Crippen molar-refractivity contribution in [3.8, 4) is 0 Å². The van der Waals surface area contributed by atoms with Gasteiger partial charge in [0, 0.05) is 30.8 Å². The SMILES string of the molecule is Cc1cc(C(=O)N2CCC(NC(=O)c3ccccc3C)CC2)no1. The normalized spacial score (nSPS) is 15.3. The molecule has 2 aromatic rings. The molecule has 0 unspecified atom stereocenters. The summed E-state index contributed by atoms with van der Waals surface area (Å²) >= 11 is 0. The van der Waals surface area contributed by atoms with Crippen LogP contribution >= 0.6 is 0 Å². The summed E-state index contributed by atoms with van der Waals surface area (Å²) in [5.41, 5.74) is 2.01. The number of nitrogens with one attached hydrogen (secondary N) is 1. The molecule has 24 heavy (non-hydrogen) atoms. The molecule has 0 saturated carbocycles.